The van der Waals surface area contributed by atoms with Crippen LogP contribution in [0.5, 0.6) is 11.5 Å². The van der Waals surface area contributed by atoms with Gasteiger partial charge in [0.1, 0.15) is 11.5 Å². The van der Waals surface area contributed by atoms with Crippen LogP contribution in [0.25, 0.3) is 0 Å². The smallest absolute Gasteiger partial charge is 0.132 e. The Kier molecular flexibility index (Phi) is 6.32. The molecule has 18 heavy (non-hydrogen) atoms. The SMILES string of the molecule is COc1cc(SCC(C)O)c(OC)cc1CCN. The van der Waals surface area contributed by atoms with Crippen LogP contribution in [0.4, 0.5) is 0 Å². The summed E-state index contributed by atoms with van der Waals surface area (Å²) >= 11 is 1.55. The van der Waals surface area contributed by atoms with E-state index in [1.807, 2.05) is 12.1 Å². The lowest BCUT2D eigenvalue weighted by atomic mass is 10.1. The number of hydrogen-bond acceptors (Lipinski definition) is 5. The molecule has 1 atom stereocenters. The van der Waals surface area contributed by atoms with E-state index in [4.69, 9.17) is 15.2 Å². The largest absolute Gasteiger partial charge is 0.496 e. The number of benzene rings is 1. The second kappa shape index (κ2) is 7.51. The first-order valence-electron chi connectivity index (χ1n) is 5.88. The van der Waals surface area contributed by atoms with E-state index in [1.54, 1.807) is 32.9 Å². The van der Waals surface area contributed by atoms with Gasteiger partial charge in [-0.05, 0) is 37.6 Å². The Morgan fingerprint density at radius 3 is 2.44 bits per heavy atom. The van der Waals surface area contributed by atoms with E-state index >= 15 is 0 Å². The summed E-state index contributed by atoms with van der Waals surface area (Å²) in [6, 6.07) is 3.90. The minimum Gasteiger partial charge on any atom is -0.496 e. The molecule has 0 saturated carbocycles. The molecule has 0 fully saturated rings. The van der Waals surface area contributed by atoms with Crippen LogP contribution in [-0.4, -0.2) is 37.7 Å². The highest BCUT2D eigenvalue weighted by Gasteiger charge is 2.12. The van der Waals surface area contributed by atoms with Crippen molar-refractivity contribution in [3.05, 3.63) is 17.7 Å². The summed E-state index contributed by atoms with van der Waals surface area (Å²) in [6.07, 6.45) is 0.398. The Bertz CT molecular complexity index is 383. The predicted molar refractivity (Wildman–Crippen MR) is 74.7 cm³/mol. The van der Waals surface area contributed by atoms with Crippen molar-refractivity contribution in [1.82, 2.24) is 0 Å². The average molecular weight is 271 g/mol. The van der Waals surface area contributed by atoms with Gasteiger partial charge in [-0.1, -0.05) is 0 Å². The molecule has 1 aromatic carbocycles. The third kappa shape index (κ3) is 4.08. The van der Waals surface area contributed by atoms with E-state index in [-0.39, 0.29) is 6.10 Å². The molecule has 0 heterocycles. The number of aliphatic hydroxyl groups is 1. The summed E-state index contributed by atoms with van der Waals surface area (Å²) in [5, 5.41) is 9.33. The number of rotatable bonds is 7. The van der Waals surface area contributed by atoms with Gasteiger partial charge in [-0.3, -0.25) is 0 Å². The Balaban J connectivity index is 3.01. The molecule has 3 N–H and O–H groups in total. The standard InChI is InChI=1S/C13H21NO3S/c1-9(15)8-18-13-7-11(16-2)10(4-5-14)6-12(13)17-3/h6-7,9,15H,4-5,8,14H2,1-3H3. The van der Waals surface area contributed by atoms with E-state index in [2.05, 4.69) is 0 Å². The van der Waals surface area contributed by atoms with Crippen molar-refractivity contribution in [3.63, 3.8) is 0 Å². The van der Waals surface area contributed by atoms with Gasteiger partial charge in [0.15, 0.2) is 0 Å². The van der Waals surface area contributed by atoms with E-state index in [1.165, 1.54) is 0 Å². The third-order valence-electron chi connectivity index (χ3n) is 2.46. The molecule has 1 unspecified atom stereocenters. The Hall–Kier alpha value is -0.910. The summed E-state index contributed by atoms with van der Waals surface area (Å²) < 4.78 is 10.7. The summed E-state index contributed by atoms with van der Waals surface area (Å²) in [7, 11) is 3.28. The van der Waals surface area contributed by atoms with Crippen molar-refractivity contribution in [2.24, 2.45) is 5.73 Å². The first kappa shape index (κ1) is 15.1. The van der Waals surface area contributed by atoms with Crippen LogP contribution in [0.1, 0.15) is 12.5 Å². The van der Waals surface area contributed by atoms with Crippen LogP contribution in [0.2, 0.25) is 0 Å². The maximum absolute atomic E-state index is 9.33. The fourth-order valence-electron chi connectivity index (χ4n) is 1.61. The molecule has 102 valence electrons. The number of nitrogens with two attached hydrogens (primary N) is 1. The van der Waals surface area contributed by atoms with Crippen molar-refractivity contribution >= 4 is 11.8 Å². The first-order valence-corrected chi connectivity index (χ1v) is 6.86. The molecule has 0 spiro atoms. The quantitative estimate of drug-likeness (QED) is 0.739. The highest BCUT2D eigenvalue weighted by atomic mass is 32.2. The Morgan fingerprint density at radius 2 is 1.94 bits per heavy atom. The molecule has 0 bridgehead atoms. The predicted octanol–water partition coefficient (Wildman–Crippen LogP) is 1.68. The number of ether oxygens (including phenoxy) is 2. The van der Waals surface area contributed by atoms with Gasteiger partial charge >= 0.3 is 0 Å². The number of methoxy groups -OCH3 is 2. The van der Waals surface area contributed by atoms with Gasteiger partial charge in [-0.25, -0.2) is 0 Å². The molecule has 0 amide bonds. The highest BCUT2D eigenvalue weighted by Crippen LogP contribution is 2.36. The molecular formula is C13H21NO3S. The first-order chi connectivity index (χ1) is 8.62. The normalized spacial score (nSPS) is 12.3. The maximum Gasteiger partial charge on any atom is 0.132 e. The van der Waals surface area contributed by atoms with E-state index in [0.29, 0.717) is 12.3 Å². The van der Waals surface area contributed by atoms with E-state index in [0.717, 1.165) is 28.4 Å². The van der Waals surface area contributed by atoms with Crippen molar-refractivity contribution in [1.29, 1.82) is 0 Å². The maximum atomic E-state index is 9.33. The minimum absolute atomic E-state index is 0.352. The topological polar surface area (TPSA) is 64.7 Å². The zero-order valence-corrected chi connectivity index (χ0v) is 11.9. The van der Waals surface area contributed by atoms with Crippen molar-refractivity contribution in [3.8, 4) is 11.5 Å². The minimum atomic E-state index is -0.352. The molecule has 5 heteroatoms. The zero-order chi connectivity index (χ0) is 13.5. The van der Waals surface area contributed by atoms with E-state index < -0.39 is 0 Å². The molecule has 0 aliphatic heterocycles. The molecule has 0 saturated heterocycles. The van der Waals surface area contributed by atoms with Gasteiger partial charge in [-0.2, -0.15) is 0 Å². The van der Waals surface area contributed by atoms with Gasteiger partial charge < -0.3 is 20.3 Å². The van der Waals surface area contributed by atoms with E-state index in [9.17, 15) is 5.11 Å². The third-order valence-corrected chi connectivity index (χ3v) is 3.74. The zero-order valence-electron chi connectivity index (χ0n) is 11.1. The molecule has 0 aliphatic carbocycles. The molecule has 4 nitrogen and oxygen atoms in total. The summed E-state index contributed by atoms with van der Waals surface area (Å²) in [5.74, 6) is 2.23. The number of aliphatic hydroxyl groups excluding tert-OH is 1. The average Bonchev–Trinajstić information content (AvgIpc) is 2.36. The van der Waals surface area contributed by atoms with Crippen molar-refractivity contribution in [2.75, 3.05) is 26.5 Å². The summed E-state index contributed by atoms with van der Waals surface area (Å²) in [6.45, 7) is 2.33. The monoisotopic (exact) mass is 271 g/mol. The molecule has 1 aromatic rings. The van der Waals surface area contributed by atoms with Gasteiger partial charge in [0.05, 0.1) is 25.2 Å². The second-order valence-electron chi connectivity index (χ2n) is 4.01. The van der Waals surface area contributed by atoms with Crippen LogP contribution in [0, 0.1) is 0 Å². The summed E-state index contributed by atoms with van der Waals surface area (Å²) in [4.78, 5) is 0.969. The summed E-state index contributed by atoms with van der Waals surface area (Å²) in [5.41, 5.74) is 6.62. The lowest BCUT2D eigenvalue weighted by molar-refractivity contribution is 0.220. The van der Waals surface area contributed by atoms with Gasteiger partial charge in [0.2, 0.25) is 0 Å². The van der Waals surface area contributed by atoms with Crippen molar-refractivity contribution < 1.29 is 14.6 Å². The molecular weight excluding hydrogens is 250 g/mol. The highest BCUT2D eigenvalue weighted by molar-refractivity contribution is 7.99. The van der Waals surface area contributed by atoms with Gasteiger partial charge in [0.25, 0.3) is 0 Å². The Labute approximate surface area is 112 Å². The fraction of sp³-hybridized carbons (Fsp3) is 0.538. The fourth-order valence-corrected chi connectivity index (χ4v) is 2.50. The van der Waals surface area contributed by atoms with Crippen LogP contribution >= 0.6 is 11.8 Å². The molecule has 1 rings (SSSR count). The van der Waals surface area contributed by atoms with Crippen LogP contribution in [0.15, 0.2) is 17.0 Å². The molecule has 0 radical (unpaired) electrons. The molecule has 0 aromatic heterocycles. The number of thioether (sulfide) groups is 1. The molecule has 0 aliphatic rings. The number of hydrogen-bond donors (Lipinski definition) is 2. The van der Waals surface area contributed by atoms with Crippen LogP contribution < -0.4 is 15.2 Å². The van der Waals surface area contributed by atoms with Gasteiger partial charge in [-0.15, -0.1) is 11.8 Å². The van der Waals surface area contributed by atoms with Crippen LogP contribution in [0.3, 0.4) is 0 Å². The second-order valence-corrected chi connectivity index (χ2v) is 5.08. The lowest BCUT2D eigenvalue weighted by Gasteiger charge is -2.14. The van der Waals surface area contributed by atoms with Crippen LogP contribution in [-0.2, 0) is 6.42 Å². The lowest BCUT2D eigenvalue weighted by Crippen LogP contribution is -2.06. The van der Waals surface area contributed by atoms with Crippen molar-refractivity contribution in [2.45, 2.75) is 24.3 Å². The van der Waals surface area contributed by atoms with Gasteiger partial charge in [0, 0.05) is 5.75 Å². The Morgan fingerprint density at radius 1 is 1.28 bits per heavy atom.